The number of carboxylic acids is 1. The molecular formula is C18H16ClNO5S. The summed E-state index contributed by atoms with van der Waals surface area (Å²) in [6.45, 7) is -0.349. The van der Waals surface area contributed by atoms with Crippen molar-refractivity contribution < 1.29 is 23.1 Å². The second kappa shape index (κ2) is 7.49. The molecule has 136 valence electrons. The van der Waals surface area contributed by atoms with Gasteiger partial charge in [-0.2, -0.15) is 0 Å². The molecule has 0 aliphatic rings. The average molecular weight is 394 g/mol. The first-order valence-corrected chi connectivity index (χ1v) is 9.61. The van der Waals surface area contributed by atoms with Crippen LogP contribution in [0.5, 0.6) is 0 Å². The van der Waals surface area contributed by atoms with E-state index in [2.05, 4.69) is 0 Å². The van der Waals surface area contributed by atoms with Crippen molar-refractivity contribution in [3.05, 3.63) is 65.3 Å². The minimum atomic E-state index is -3.82. The third kappa shape index (κ3) is 3.75. The molecule has 2 aromatic carbocycles. The van der Waals surface area contributed by atoms with Crippen molar-refractivity contribution in [2.45, 2.75) is 11.3 Å². The smallest absolute Gasteiger partial charge is 0.329 e. The lowest BCUT2D eigenvalue weighted by molar-refractivity contribution is -0.142. The molecule has 0 radical (unpaired) electrons. The van der Waals surface area contributed by atoms with Crippen LogP contribution in [0, 0.1) is 0 Å². The highest BCUT2D eigenvalue weighted by Crippen LogP contribution is 2.28. The van der Waals surface area contributed by atoms with Crippen molar-refractivity contribution in [3.63, 3.8) is 0 Å². The van der Waals surface area contributed by atoms with Crippen LogP contribution in [0.15, 0.2) is 59.5 Å². The zero-order chi connectivity index (χ0) is 18.7. The SMILES string of the molecule is O=C(O)COCCc1cc2cc(Cl)ccc2n1S(=O)(=O)c1ccccc1. The number of rotatable bonds is 7. The number of carbonyl (C=O) groups is 1. The molecule has 0 aliphatic carbocycles. The fourth-order valence-corrected chi connectivity index (χ4v) is 4.48. The molecule has 1 aromatic heterocycles. The van der Waals surface area contributed by atoms with E-state index in [1.54, 1.807) is 42.5 Å². The number of benzene rings is 2. The molecule has 26 heavy (non-hydrogen) atoms. The van der Waals surface area contributed by atoms with Gasteiger partial charge in [-0.15, -0.1) is 0 Å². The van der Waals surface area contributed by atoms with Crippen molar-refractivity contribution in [1.82, 2.24) is 3.97 Å². The molecule has 0 aliphatic heterocycles. The first kappa shape index (κ1) is 18.4. The topological polar surface area (TPSA) is 85.6 Å². The van der Waals surface area contributed by atoms with Crippen LogP contribution in [0.2, 0.25) is 5.02 Å². The number of ether oxygens (including phenoxy) is 1. The minimum Gasteiger partial charge on any atom is -0.480 e. The lowest BCUT2D eigenvalue weighted by Gasteiger charge is -2.12. The van der Waals surface area contributed by atoms with Gasteiger partial charge in [0.2, 0.25) is 0 Å². The third-order valence-electron chi connectivity index (χ3n) is 3.80. The number of aromatic nitrogens is 1. The van der Waals surface area contributed by atoms with Gasteiger partial charge in [0.15, 0.2) is 0 Å². The number of hydrogen-bond donors (Lipinski definition) is 1. The Kier molecular flexibility index (Phi) is 5.31. The molecule has 0 unspecified atom stereocenters. The first-order chi connectivity index (χ1) is 12.4. The van der Waals surface area contributed by atoms with Gasteiger partial charge in [-0.05, 0) is 36.4 Å². The zero-order valence-corrected chi connectivity index (χ0v) is 15.2. The van der Waals surface area contributed by atoms with Gasteiger partial charge in [0, 0.05) is 22.5 Å². The fourth-order valence-electron chi connectivity index (χ4n) is 2.71. The maximum Gasteiger partial charge on any atom is 0.329 e. The molecule has 3 rings (SSSR count). The average Bonchev–Trinajstić information content (AvgIpc) is 2.97. The Hall–Kier alpha value is -2.35. The van der Waals surface area contributed by atoms with E-state index in [0.717, 1.165) is 0 Å². The van der Waals surface area contributed by atoms with Gasteiger partial charge in [-0.25, -0.2) is 17.2 Å². The van der Waals surface area contributed by atoms with Crippen LogP contribution in [-0.2, 0) is 26.0 Å². The fraction of sp³-hybridized carbons (Fsp3) is 0.167. The summed E-state index contributed by atoms with van der Waals surface area (Å²) in [5.74, 6) is -1.07. The van der Waals surface area contributed by atoms with E-state index >= 15 is 0 Å². The van der Waals surface area contributed by atoms with Crippen molar-refractivity contribution in [2.24, 2.45) is 0 Å². The lowest BCUT2D eigenvalue weighted by atomic mass is 10.2. The Balaban J connectivity index is 2.06. The molecule has 1 heterocycles. The number of fused-ring (bicyclic) bond motifs is 1. The first-order valence-electron chi connectivity index (χ1n) is 7.79. The third-order valence-corrected chi connectivity index (χ3v) is 5.82. The van der Waals surface area contributed by atoms with Crippen LogP contribution in [0.1, 0.15) is 5.69 Å². The summed E-state index contributed by atoms with van der Waals surface area (Å²) in [6.07, 6.45) is 0.242. The summed E-state index contributed by atoms with van der Waals surface area (Å²) in [4.78, 5) is 10.7. The van der Waals surface area contributed by atoms with Crippen molar-refractivity contribution in [3.8, 4) is 0 Å². The summed E-state index contributed by atoms with van der Waals surface area (Å²) in [5.41, 5.74) is 1.00. The molecule has 0 atom stereocenters. The van der Waals surface area contributed by atoms with Gasteiger partial charge in [0.1, 0.15) is 6.61 Å². The second-order valence-corrected chi connectivity index (χ2v) is 7.84. The van der Waals surface area contributed by atoms with Crippen molar-refractivity contribution in [2.75, 3.05) is 13.2 Å². The van der Waals surface area contributed by atoms with Crippen LogP contribution >= 0.6 is 11.6 Å². The Labute approximate surface area is 155 Å². The molecule has 0 saturated carbocycles. The number of hydrogen-bond acceptors (Lipinski definition) is 4. The normalized spacial score (nSPS) is 11.7. The lowest BCUT2D eigenvalue weighted by Crippen LogP contribution is -2.17. The largest absolute Gasteiger partial charge is 0.480 e. The standard InChI is InChI=1S/C18H16ClNO5S/c19-14-6-7-17-13(10-14)11-15(8-9-25-12-18(21)22)20(17)26(23,24)16-4-2-1-3-5-16/h1-7,10-11H,8-9,12H2,(H,21,22). The number of nitrogens with zero attached hydrogens (tertiary/aromatic N) is 1. The van der Waals surface area contributed by atoms with Gasteiger partial charge in [0.25, 0.3) is 10.0 Å². The van der Waals surface area contributed by atoms with Gasteiger partial charge < -0.3 is 9.84 Å². The number of aliphatic carboxylic acids is 1. The van der Waals surface area contributed by atoms with Gasteiger partial charge in [-0.3, -0.25) is 0 Å². The van der Waals surface area contributed by atoms with Crippen LogP contribution in [0.4, 0.5) is 0 Å². The maximum atomic E-state index is 13.2. The molecule has 8 heteroatoms. The van der Waals surface area contributed by atoms with Gasteiger partial charge in [0.05, 0.1) is 17.0 Å². The van der Waals surface area contributed by atoms with E-state index in [4.69, 9.17) is 21.4 Å². The predicted molar refractivity (Wildman–Crippen MR) is 98.1 cm³/mol. The summed E-state index contributed by atoms with van der Waals surface area (Å²) in [6, 6.07) is 14.8. The van der Waals surface area contributed by atoms with Crippen molar-refractivity contribution >= 4 is 38.5 Å². The summed E-state index contributed by atoms with van der Waals surface area (Å²) < 4.78 is 32.6. The quantitative estimate of drug-likeness (QED) is 0.623. The summed E-state index contributed by atoms with van der Waals surface area (Å²) in [5, 5.41) is 9.83. The van der Waals surface area contributed by atoms with Crippen LogP contribution < -0.4 is 0 Å². The zero-order valence-electron chi connectivity index (χ0n) is 13.6. The molecule has 0 saturated heterocycles. The highest BCUT2D eigenvalue weighted by atomic mass is 35.5. The van der Waals surface area contributed by atoms with Crippen molar-refractivity contribution in [1.29, 1.82) is 0 Å². The Bertz CT molecular complexity index is 1040. The van der Waals surface area contributed by atoms with Crippen LogP contribution in [0.3, 0.4) is 0 Å². The highest BCUT2D eigenvalue weighted by molar-refractivity contribution is 7.90. The van der Waals surface area contributed by atoms with E-state index in [1.807, 2.05) is 0 Å². The Morgan fingerprint density at radius 2 is 1.85 bits per heavy atom. The van der Waals surface area contributed by atoms with E-state index in [9.17, 15) is 13.2 Å². The monoisotopic (exact) mass is 393 g/mol. The minimum absolute atomic E-state index is 0.0840. The number of carboxylic acid groups (broad SMARTS) is 1. The Morgan fingerprint density at radius 1 is 1.12 bits per heavy atom. The van der Waals surface area contributed by atoms with E-state index in [-0.39, 0.29) is 17.9 Å². The molecule has 6 nitrogen and oxygen atoms in total. The Morgan fingerprint density at radius 3 is 2.54 bits per heavy atom. The van der Waals surface area contributed by atoms with Gasteiger partial charge >= 0.3 is 5.97 Å². The van der Waals surface area contributed by atoms with Gasteiger partial charge in [-0.1, -0.05) is 29.8 Å². The molecule has 0 fully saturated rings. The second-order valence-electron chi connectivity index (χ2n) is 5.62. The molecule has 0 amide bonds. The molecule has 0 spiro atoms. The van der Waals surface area contributed by atoms with Crippen LogP contribution in [0.25, 0.3) is 10.9 Å². The van der Waals surface area contributed by atoms with E-state index < -0.39 is 22.6 Å². The molecule has 3 aromatic rings. The van der Waals surface area contributed by atoms with E-state index in [0.29, 0.717) is 21.6 Å². The van der Waals surface area contributed by atoms with E-state index in [1.165, 1.54) is 16.1 Å². The van der Waals surface area contributed by atoms with Crippen LogP contribution in [-0.4, -0.2) is 36.7 Å². The summed E-state index contributed by atoms with van der Waals surface area (Å²) >= 11 is 6.02. The molecular weight excluding hydrogens is 378 g/mol. The molecule has 1 N–H and O–H groups in total. The maximum absolute atomic E-state index is 13.2. The molecule has 0 bridgehead atoms. The summed E-state index contributed by atoms with van der Waals surface area (Å²) in [7, 11) is -3.82. The highest BCUT2D eigenvalue weighted by Gasteiger charge is 2.22. The predicted octanol–water partition coefficient (Wildman–Crippen LogP) is 3.18. The number of halogens is 1.